The van der Waals surface area contributed by atoms with Gasteiger partial charge in [-0.3, -0.25) is 9.69 Å². The van der Waals surface area contributed by atoms with Crippen molar-refractivity contribution in [1.82, 2.24) is 9.80 Å². The lowest BCUT2D eigenvalue weighted by Crippen LogP contribution is -2.52. The van der Waals surface area contributed by atoms with E-state index in [2.05, 4.69) is 41.0 Å². The standard InChI is InChI=1S/C24H36N2O3/c1-2-15-29-22-8-4-3-6-20(22)17-25-13-11-24(12-14-25)10-9-23(27)26(19-24)18-21-7-5-16-28-21/h3-4,6,8,21H,2,5,7,9-19H2,1H3. The molecule has 1 aromatic carbocycles. The van der Waals surface area contributed by atoms with Crippen molar-refractivity contribution in [3.63, 3.8) is 0 Å². The van der Waals surface area contributed by atoms with Crippen molar-refractivity contribution in [1.29, 1.82) is 0 Å². The normalized spacial score (nSPS) is 24.9. The van der Waals surface area contributed by atoms with E-state index in [-0.39, 0.29) is 6.10 Å². The maximum Gasteiger partial charge on any atom is 0.222 e. The molecule has 1 spiro atoms. The molecule has 0 radical (unpaired) electrons. The first kappa shape index (κ1) is 20.7. The van der Waals surface area contributed by atoms with E-state index >= 15 is 0 Å². The van der Waals surface area contributed by atoms with Crippen LogP contribution in [0.4, 0.5) is 0 Å². The van der Waals surface area contributed by atoms with Gasteiger partial charge in [0.1, 0.15) is 5.75 Å². The largest absolute Gasteiger partial charge is 0.493 e. The molecular weight excluding hydrogens is 364 g/mol. The number of para-hydroxylation sites is 1. The molecular formula is C24H36N2O3. The third-order valence-electron chi connectivity index (χ3n) is 6.94. The van der Waals surface area contributed by atoms with Gasteiger partial charge in [0.2, 0.25) is 5.91 Å². The summed E-state index contributed by atoms with van der Waals surface area (Å²) >= 11 is 0. The van der Waals surface area contributed by atoms with E-state index in [1.54, 1.807) is 0 Å². The van der Waals surface area contributed by atoms with Crippen LogP contribution in [0.5, 0.6) is 5.75 Å². The summed E-state index contributed by atoms with van der Waals surface area (Å²) in [5.74, 6) is 1.36. The number of benzene rings is 1. The van der Waals surface area contributed by atoms with Crippen LogP contribution in [0.2, 0.25) is 0 Å². The van der Waals surface area contributed by atoms with Gasteiger partial charge in [-0.05, 0) is 63.1 Å². The number of carbonyl (C=O) groups excluding carboxylic acids is 1. The number of piperidine rings is 2. The first-order chi connectivity index (χ1) is 14.2. The van der Waals surface area contributed by atoms with Gasteiger partial charge in [0.15, 0.2) is 0 Å². The number of rotatable bonds is 7. The summed E-state index contributed by atoms with van der Waals surface area (Å²) in [6, 6.07) is 8.45. The average Bonchev–Trinajstić information content (AvgIpc) is 3.25. The third kappa shape index (κ3) is 5.13. The Kier molecular flexibility index (Phi) is 6.76. The van der Waals surface area contributed by atoms with Crippen molar-refractivity contribution in [2.24, 2.45) is 5.41 Å². The third-order valence-corrected chi connectivity index (χ3v) is 6.94. The topological polar surface area (TPSA) is 42.0 Å². The zero-order valence-corrected chi connectivity index (χ0v) is 17.9. The van der Waals surface area contributed by atoms with Crippen LogP contribution >= 0.6 is 0 Å². The molecule has 0 N–H and O–H groups in total. The van der Waals surface area contributed by atoms with Crippen molar-refractivity contribution in [2.45, 2.75) is 64.5 Å². The molecule has 3 heterocycles. The van der Waals surface area contributed by atoms with Crippen molar-refractivity contribution in [2.75, 3.05) is 39.4 Å². The molecule has 3 fully saturated rings. The minimum Gasteiger partial charge on any atom is -0.493 e. The number of amides is 1. The van der Waals surface area contributed by atoms with Crippen LogP contribution in [0.1, 0.15) is 57.4 Å². The van der Waals surface area contributed by atoms with Crippen molar-refractivity contribution in [3.05, 3.63) is 29.8 Å². The van der Waals surface area contributed by atoms with Gasteiger partial charge in [-0.2, -0.15) is 0 Å². The molecule has 29 heavy (non-hydrogen) atoms. The second-order valence-corrected chi connectivity index (χ2v) is 9.14. The fourth-order valence-corrected chi connectivity index (χ4v) is 5.12. The van der Waals surface area contributed by atoms with E-state index in [0.717, 1.165) is 77.4 Å². The predicted octanol–water partition coefficient (Wildman–Crippen LogP) is 3.86. The molecule has 5 heteroatoms. The summed E-state index contributed by atoms with van der Waals surface area (Å²) in [4.78, 5) is 17.2. The quantitative estimate of drug-likeness (QED) is 0.697. The lowest BCUT2D eigenvalue weighted by atomic mass is 9.72. The van der Waals surface area contributed by atoms with Crippen LogP contribution in [0.15, 0.2) is 24.3 Å². The van der Waals surface area contributed by atoms with Crippen molar-refractivity contribution in [3.8, 4) is 5.75 Å². The van der Waals surface area contributed by atoms with E-state index < -0.39 is 0 Å². The SMILES string of the molecule is CCCOc1ccccc1CN1CCC2(CCC(=O)N(CC3CCCO3)C2)CC1. The number of likely N-dealkylation sites (tertiary alicyclic amines) is 2. The zero-order chi connectivity index (χ0) is 20.1. The number of ether oxygens (including phenoxy) is 2. The molecule has 0 aliphatic carbocycles. The highest BCUT2D eigenvalue weighted by atomic mass is 16.5. The maximum atomic E-state index is 12.5. The Labute approximate surface area is 175 Å². The highest BCUT2D eigenvalue weighted by Crippen LogP contribution is 2.41. The lowest BCUT2D eigenvalue weighted by Gasteiger charge is -2.48. The number of hydrogen-bond donors (Lipinski definition) is 0. The van der Waals surface area contributed by atoms with E-state index in [1.807, 2.05) is 0 Å². The molecule has 5 nitrogen and oxygen atoms in total. The molecule has 3 aliphatic rings. The molecule has 1 atom stereocenters. The highest BCUT2D eigenvalue weighted by molar-refractivity contribution is 5.77. The molecule has 0 aromatic heterocycles. The van der Waals surface area contributed by atoms with Gasteiger partial charge < -0.3 is 14.4 Å². The van der Waals surface area contributed by atoms with Gasteiger partial charge in [0.05, 0.1) is 12.7 Å². The fraction of sp³-hybridized carbons (Fsp3) is 0.708. The maximum absolute atomic E-state index is 12.5. The van der Waals surface area contributed by atoms with Crippen LogP contribution in [0.3, 0.4) is 0 Å². The van der Waals surface area contributed by atoms with E-state index in [9.17, 15) is 4.79 Å². The molecule has 0 saturated carbocycles. The van der Waals surface area contributed by atoms with E-state index in [4.69, 9.17) is 9.47 Å². The lowest BCUT2D eigenvalue weighted by molar-refractivity contribution is -0.141. The van der Waals surface area contributed by atoms with E-state index in [1.165, 1.54) is 18.4 Å². The Balaban J connectivity index is 1.32. The first-order valence-electron chi connectivity index (χ1n) is 11.5. The molecule has 3 saturated heterocycles. The second-order valence-electron chi connectivity index (χ2n) is 9.14. The minimum atomic E-state index is 0.258. The fourth-order valence-electron chi connectivity index (χ4n) is 5.12. The Morgan fingerprint density at radius 1 is 1.21 bits per heavy atom. The van der Waals surface area contributed by atoms with Crippen LogP contribution < -0.4 is 4.74 Å². The van der Waals surface area contributed by atoms with Gasteiger partial charge >= 0.3 is 0 Å². The zero-order valence-electron chi connectivity index (χ0n) is 17.9. The van der Waals surface area contributed by atoms with Crippen LogP contribution in [-0.2, 0) is 16.1 Å². The van der Waals surface area contributed by atoms with Gasteiger partial charge in [-0.1, -0.05) is 25.1 Å². The van der Waals surface area contributed by atoms with Gasteiger partial charge in [0.25, 0.3) is 0 Å². The van der Waals surface area contributed by atoms with E-state index in [0.29, 0.717) is 17.7 Å². The molecule has 0 bridgehead atoms. The van der Waals surface area contributed by atoms with Crippen LogP contribution in [-0.4, -0.2) is 61.2 Å². The van der Waals surface area contributed by atoms with Gasteiger partial charge in [0, 0.05) is 38.2 Å². The Morgan fingerprint density at radius 2 is 2.03 bits per heavy atom. The minimum absolute atomic E-state index is 0.258. The second kappa shape index (κ2) is 9.48. The van der Waals surface area contributed by atoms with Crippen molar-refractivity contribution >= 4 is 5.91 Å². The highest BCUT2D eigenvalue weighted by Gasteiger charge is 2.41. The van der Waals surface area contributed by atoms with Crippen molar-refractivity contribution < 1.29 is 14.3 Å². The average molecular weight is 401 g/mol. The molecule has 1 amide bonds. The summed E-state index contributed by atoms with van der Waals surface area (Å²) in [6.45, 7) is 8.65. The Hall–Kier alpha value is -1.59. The summed E-state index contributed by atoms with van der Waals surface area (Å²) in [5, 5.41) is 0. The molecule has 1 unspecified atom stereocenters. The first-order valence-corrected chi connectivity index (χ1v) is 11.5. The van der Waals surface area contributed by atoms with Crippen LogP contribution in [0.25, 0.3) is 0 Å². The Morgan fingerprint density at radius 3 is 2.79 bits per heavy atom. The number of hydrogen-bond acceptors (Lipinski definition) is 4. The Bertz CT molecular complexity index is 678. The number of carbonyl (C=O) groups is 1. The van der Waals surface area contributed by atoms with Crippen LogP contribution in [0, 0.1) is 5.41 Å². The van der Waals surface area contributed by atoms with Gasteiger partial charge in [-0.25, -0.2) is 0 Å². The summed E-state index contributed by atoms with van der Waals surface area (Å²) in [6.07, 6.45) is 7.65. The monoisotopic (exact) mass is 400 g/mol. The smallest absolute Gasteiger partial charge is 0.222 e. The molecule has 160 valence electrons. The molecule has 4 rings (SSSR count). The number of nitrogens with zero attached hydrogens (tertiary/aromatic N) is 2. The summed E-state index contributed by atoms with van der Waals surface area (Å²) < 4.78 is 11.7. The molecule has 3 aliphatic heterocycles. The van der Waals surface area contributed by atoms with Gasteiger partial charge in [-0.15, -0.1) is 0 Å². The predicted molar refractivity (Wildman–Crippen MR) is 114 cm³/mol. The molecule has 1 aromatic rings. The summed E-state index contributed by atoms with van der Waals surface area (Å²) in [7, 11) is 0. The summed E-state index contributed by atoms with van der Waals surface area (Å²) in [5.41, 5.74) is 1.59.